The van der Waals surface area contributed by atoms with Crippen molar-refractivity contribution < 1.29 is 4.42 Å². The van der Waals surface area contributed by atoms with E-state index >= 15 is 0 Å². The van der Waals surface area contributed by atoms with Crippen LogP contribution in [0.1, 0.15) is 5.56 Å². The molecule has 0 aliphatic carbocycles. The third-order valence-electron chi connectivity index (χ3n) is 8.06. The van der Waals surface area contributed by atoms with Gasteiger partial charge in [-0.1, -0.05) is 72.3 Å². The first-order valence-corrected chi connectivity index (χ1v) is 14.7. The topological polar surface area (TPSA) is 47.1 Å². The third-order valence-corrected chi connectivity index (χ3v) is 8.06. The van der Waals surface area contributed by atoms with Crippen molar-refractivity contribution in [2.75, 3.05) is 4.90 Å². The van der Waals surface area contributed by atoms with E-state index < -0.39 is 0 Å². The summed E-state index contributed by atoms with van der Waals surface area (Å²) in [7, 11) is 0. The van der Waals surface area contributed by atoms with Crippen molar-refractivity contribution in [1.29, 1.82) is 0 Å². The van der Waals surface area contributed by atoms with Crippen molar-refractivity contribution in [3.05, 3.63) is 157 Å². The number of hydrogen-bond acceptors (Lipinski definition) is 4. The number of hydrogen-bond donors (Lipinski definition) is 0. The molecule has 5 nitrogen and oxygen atoms in total. The number of anilines is 3. The molecule has 0 spiro atoms. The highest BCUT2D eigenvalue weighted by Crippen LogP contribution is 2.37. The molecular formula is C39H28N4O. The van der Waals surface area contributed by atoms with Gasteiger partial charge in [0, 0.05) is 44.6 Å². The van der Waals surface area contributed by atoms with E-state index in [0.29, 0.717) is 11.8 Å². The Kier molecular flexibility index (Phi) is 6.27. The van der Waals surface area contributed by atoms with Crippen molar-refractivity contribution in [3.63, 3.8) is 0 Å². The zero-order valence-corrected chi connectivity index (χ0v) is 24.1. The first-order valence-electron chi connectivity index (χ1n) is 14.7. The van der Waals surface area contributed by atoms with Crippen LogP contribution in [-0.4, -0.2) is 14.8 Å². The molecule has 210 valence electrons. The Morgan fingerprint density at radius 1 is 0.477 bits per heavy atom. The van der Waals surface area contributed by atoms with Crippen molar-refractivity contribution in [3.8, 4) is 28.6 Å². The smallest absolute Gasteiger partial charge is 0.248 e. The van der Waals surface area contributed by atoms with E-state index in [-0.39, 0.29) is 0 Å². The molecule has 0 aliphatic heterocycles. The zero-order valence-electron chi connectivity index (χ0n) is 24.1. The monoisotopic (exact) mass is 568 g/mol. The van der Waals surface area contributed by atoms with Gasteiger partial charge in [0.05, 0.1) is 11.0 Å². The van der Waals surface area contributed by atoms with E-state index in [1.807, 2.05) is 42.5 Å². The predicted molar refractivity (Wildman–Crippen MR) is 179 cm³/mol. The molecule has 0 unspecified atom stereocenters. The summed E-state index contributed by atoms with van der Waals surface area (Å²) in [6.45, 7) is 2.06. The van der Waals surface area contributed by atoms with Gasteiger partial charge in [-0.15, -0.1) is 10.2 Å². The van der Waals surface area contributed by atoms with Crippen LogP contribution in [0.3, 0.4) is 0 Å². The van der Waals surface area contributed by atoms with E-state index in [0.717, 1.165) is 33.9 Å². The maximum absolute atomic E-state index is 6.04. The van der Waals surface area contributed by atoms with Crippen LogP contribution >= 0.6 is 0 Å². The number of aromatic nitrogens is 3. The fourth-order valence-corrected chi connectivity index (χ4v) is 5.88. The van der Waals surface area contributed by atoms with E-state index in [4.69, 9.17) is 4.42 Å². The second-order valence-electron chi connectivity index (χ2n) is 10.9. The van der Waals surface area contributed by atoms with Gasteiger partial charge in [-0.25, -0.2) is 0 Å². The van der Waals surface area contributed by atoms with Gasteiger partial charge in [-0.05, 0) is 91.9 Å². The van der Waals surface area contributed by atoms with Gasteiger partial charge in [0.1, 0.15) is 0 Å². The van der Waals surface area contributed by atoms with Gasteiger partial charge in [0.25, 0.3) is 0 Å². The Bertz CT molecular complexity index is 2160. The van der Waals surface area contributed by atoms with Crippen molar-refractivity contribution in [2.24, 2.45) is 0 Å². The molecule has 0 radical (unpaired) electrons. The van der Waals surface area contributed by atoms with Crippen LogP contribution in [0.4, 0.5) is 17.1 Å². The fraction of sp³-hybridized carbons (Fsp3) is 0.0256. The van der Waals surface area contributed by atoms with Gasteiger partial charge in [-0.3, -0.25) is 0 Å². The molecule has 0 fully saturated rings. The Labute approximate surface area is 255 Å². The van der Waals surface area contributed by atoms with E-state index in [1.165, 1.54) is 27.4 Å². The van der Waals surface area contributed by atoms with Crippen molar-refractivity contribution in [1.82, 2.24) is 14.8 Å². The zero-order chi connectivity index (χ0) is 29.5. The van der Waals surface area contributed by atoms with E-state index in [2.05, 4.69) is 136 Å². The largest absolute Gasteiger partial charge is 0.416 e. The summed E-state index contributed by atoms with van der Waals surface area (Å²) in [6.07, 6.45) is 0. The second kappa shape index (κ2) is 10.7. The van der Waals surface area contributed by atoms with Crippen LogP contribution in [0, 0.1) is 6.92 Å². The quantitative estimate of drug-likeness (QED) is 0.200. The molecule has 0 saturated carbocycles. The average molecular weight is 569 g/mol. The van der Waals surface area contributed by atoms with Crippen LogP contribution in [0.25, 0.3) is 50.4 Å². The molecule has 6 aromatic carbocycles. The van der Waals surface area contributed by atoms with E-state index in [1.54, 1.807) is 0 Å². The summed E-state index contributed by atoms with van der Waals surface area (Å²) < 4.78 is 8.38. The average Bonchev–Trinajstić information content (AvgIpc) is 3.70. The molecule has 0 saturated heterocycles. The van der Waals surface area contributed by atoms with Crippen molar-refractivity contribution in [2.45, 2.75) is 6.92 Å². The lowest BCUT2D eigenvalue weighted by molar-refractivity contribution is 0.584. The fourth-order valence-electron chi connectivity index (χ4n) is 5.88. The van der Waals surface area contributed by atoms with Gasteiger partial charge in [0.2, 0.25) is 11.8 Å². The summed E-state index contributed by atoms with van der Waals surface area (Å²) in [5, 5.41) is 11.1. The van der Waals surface area contributed by atoms with E-state index in [9.17, 15) is 0 Å². The molecule has 0 atom stereocenters. The normalized spacial score (nSPS) is 11.3. The second-order valence-corrected chi connectivity index (χ2v) is 10.9. The first kappa shape index (κ1) is 25.7. The molecule has 0 N–H and O–H groups in total. The van der Waals surface area contributed by atoms with Gasteiger partial charge in [0.15, 0.2) is 0 Å². The molecule has 0 bridgehead atoms. The summed E-state index contributed by atoms with van der Waals surface area (Å²) in [4.78, 5) is 2.25. The number of para-hydroxylation sites is 3. The number of aryl methyl sites for hydroxylation is 1. The molecule has 0 aliphatic rings. The van der Waals surface area contributed by atoms with Crippen LogP contribution in [0.15, 0.2) is 156 Å². The number of nitrogens with zero attached hydrogens (tertiary/aromatic N) is 4. The van der Waals surface area contributed by atoms with Gasteiger partial charge in [-0.2, -0.15) is 0 Å². The molecule has 5 heteroatoms. The SMILES string of the molecule is Cc1ccc(-c2nnc(-c3ccc(N(c4ccccc4)c4ccc(-n5c6ccccc6c6ccccc65)cc4)cc3)o2)cc1. The highest BCUT2D eigenvalue weighted by molar-refractivity contribution is 6.09. The summed E-state index contributed by atoms with van der Waals surface area (Å²) in [6, 6.07) is 52.7. The predicted octanol–water partition coefficient (Wildman–Crippen LogP) is 10.3. The summed E-state index contributed by atoms with van der Waals surface area (Å²) in [5.74, 6) is 1.01. The minimum atomic E-state index is 0.494. The maximum atomic E-state index is 6.04. The molecule has 8 rings (SSSR count). The lowest BCUT2D eigenvalue weighted by atomic mass is 10.1. The molecule has 8 aromatic rings. The Morgan fingerprint density at radius 2 is 0.932 bits per heavy atom. The minimum Gasteiger partial charge on any atom is -0.416 e. The van der Waals surface area contributed by atoms with Crippen molar-refractivity contribution >= 4 is 38.9 Å². The lowest BCUT2D eigenvalue weighted by Crippen LogP contribution is -2.10. The van der Waals surface area contributed by atoms with Crippen LogP contribution in [-0.2, 0) is 0 Å². The number of benzene rings is 6. The van der Waals surface area contributed by atoms with Gasteiger partial charge < -0.3 is 13.9 Å². The molecule has 44 heavy (non-hydrogen) atoms. The Balaban J connectivity index is 1.15. The Morgan fingerprint density at radius 3 is 1.50 bits per heavy atom. The number of fused-ring (bicyclic) bond motifs is 3. The Hall–Kier alpha value is -5.94. The highest BCUT2D eigenvalue weighted by Gasteiger charge is 2.16. The first-order chi connectivity index (χ1) is 21.7. The van der Waals surface area contributed by atoms with Crippen LogP contribution in [0.2, 0.25) is 0 Å². The molecule has 0 amide bonds. The standard InChI is InChI=1S/C39H28N4O/c1-27-15-17-28(18-16-27)38-40-41-39(44-38)29-19-21-31(22-20-29)42(30-9-3-2-4-10-30)32-23-25-33(26-24-32)43-36-13-7-5-11-34(36)35-12-6-8-14-37(35)43/h2-26H,1H3. The summed E-state index contributed by atoms with van der Waals surface area (Å²) in [5.41, 5.74) is 9.65. The highest BCUT2D eigenvalue weighted by atomic mass is 16.4. The minimum absolute atomic E-state index is 0.494. The molecular weight excluding hydrogens is 540 g/mol. The maximum Gasteiger partial charge on any atom is 0.248 e. The number of rotatable bonds is 6. The third kappa shape index (κ3) is 4.52. The van der Waals surface area contributed by atoms with Crippen LogP contribution < -0.4 is 4.90 Å². The van der Waals surface area contributed by atoms with Crippen LogP contribution in [0.5, 0.6) is 0 Å². The summed E-state index contributed by atoms with van der Waals surface area (Å²) >= 11 is 0. The van der Waals surface area contributed by atoms with Gasteiger partial charge >= 0.3 is 0 Å². The molecule has 2 aromatic heterocycles. The molecule has 2 heterocycles. The lowest BCUT2D eigenvalue weighted by Gasteiger charge is -2.26.